The maximum Gasteiger partial charge on any atom is 0.324 e. The third kappa shape index (κ3) is 3.13. The summed E-state index contributed by atoms with van der Waals surface area (Å²) in [4.78, 5) is 18.5. The number of aliphatic hydroxyl groups is 1. The van der Waals surface area contributed by atoms with Crippen LogP contribution in [0, 0.1) is 0 Å². The molecule has 2 aromatic rings. The molecule has 1 unspecified atom stereocenters. The number of fused-ring (bicyclic) bond motifs is 1. The van der Waals surface area contributed by atoms with Crippen LogP contribution < -0.4 is 5.32 Å². The van der Waals surface area contributed by atoms with Gasteiger partial charge in [0.05, 0.1) is 6.04 Å². The molecule has 0 spiro atoms. The van der Waals surface area contributed by atoms with Gasteiger partial charge in [0.1, 0.15) is 0 Å². The number of hydrogen-bond donors (Lipinski definition) is 2. The summed E-state index contributed by atoms with van der Waals surface area (Å²) >= 11 is 1.40. The number of benzene rings is 1. The van der Waals surface area contributed by atoms with Gasteiger partial charge in [0.15, 0.2) is 5.13 Å². The molecular weight excluding hydrogens is 298 g/mol. The van der Waals surface area contributed by atoms with E-state index in [1.807, 2.05) is 22.4 Å². The normalized spacial score (nSPS) is 16.3. The molecule has 5 nitrogen and oxygen atoms in total. The van der Waals surface area contributed by atoms with Crippen molar-refractivity contribution in [3.63, 3.8) is 0 Å². The van der Waals surface area contributed by atoms with Crippen molar-refractivity contribution in [1.29, 1.82) is 0 Å². The summed E-state index contributed by atoms with van der Waals surface area (Å²) in [5, 5.41) is 14.4. The molecule has 0 radical (unpaired) electrons. The van der Waals surface area contributed by atoms with Gasteiger partial charge in [-0.2, -0.15) is 0 Å². The number of anilines is 1. The van der Waals surface area contributed by atoms with Crippen molar-refractivity contribution in [3.8, 4) is 0 Å². The van der Waals surface area contributed by atoms with Crippen molar-refractivity contribution in [2.75, 3.05) is 18.5 Å². The average molecular weight is 317 g/mol. The average Bonchev–Trinajstić information content (AvgIpc) is 3.18. The van der Waals surface area contributed by atoms with Crippen LogP contribution in [0.2, 0.25) is 0 Å². The zero-order valence-corrected chi connectivity index (χ0v) is 13.1. The second kappa shape index (κ2) is 6.89. The minimum atomic E-state index is -0.148. The van der Waals surface area contributed by atoms with E-state index in [4.69, 9.17) is 5.11 Å². The molecule has 3 rings (SSSR count). The van der Waals surface area contributed by atoms with Crippen molar-refractivity contribution >= 4 is 22.5 Å². The number of nitrogens with one attached hydrogen (secondary N) is 1. The van der Waals surface area contributed by atoms with Gasteiger partial charge in [0.25, 0.3) is 0 Å². The summed E-state index contributed by atoms with van der Waals surface area (Å²) in [6.07, 6.45) is 4.16. The smallest absolute Gasteiger partial charge is 0.324 e. The molecule has 1 aromatic carbocycles. The molecule has 0 saturated carbocycles. The Bertz CT molecular complexity index is 630. The fraction of sp³-hybridized carbons (Fsp3) is 0.375. The Hall–Kier alpha value is -1.92. The second-order valence-corrected chi connectivity index (χ2v) is 6.19. The standard InChI is InChI=1S/C16H19N3O2S/c20-10-3-9-19(16(21)18-15-17-8-11-22-15)14-7-6-12-4-1-2-5-13(12)14/h1-2,4-5,8,11,14,20H,3,6-7,9-10H2,(H,17,18,21). The number of aliphatic hydroxyl groups excluding tert-OH is 1. The highest BCUT2D eigenvalue weighted by Crippen LogP contribution is 2.36. The summed E-state index contributed by atoms with van der Waals surface area (Å²) < 4.78 is 0. The van der Waals surface area contributed by atoms with Crippen LogP contribution in [0.3, 0.4) is 0 Å². The number of amides is 2. The Morgan fingerprint density at radius 2 is 2.32 bits per heavy atom. The fourth-order valence-corrected chi connectivity index (χ4v) is 3.47. The predicted molar refractivity (Wildman–Crippen MR) is 87.0 cm³/mol. The van der Waals surface area contributed by atoms with Crippen molar-refractivity contribution in [1.82, 2.24) is 9.88 Å². The van der Waals surface area contributed by atoms with Gasteiger partial charge in [-0.15, -0.1) is 11.3 Å². The van der Waals surface area contributed by atoms with E-state index >= 15 is 0 Å². The van der Waals surface area contributed by atoms with Gasteiger partial charge in [-0.3, -0.25) is 5.32 Å². The molecule has 1 atom stereocenters. The predicted octanol–water partition coefficient (Wildman–Crippen LogP) is 3.05. The van der Waals surface area contributed by atoms with Crippen LogP contribution in [0.15, 0.2) is 35.8 Å². The fourth-order valence-electron chi connectivity index (χ4n) is 2.95. The van der Waals surface area contributed by atoms with E-state index in [9.17, 15) is 4.79 Å². The van der Waals surface area contributed by atoms with Crippen LogP contribution in [0.4, 0.5) is 9.93 Å². The molecule has 116 valence electrons. The summed E-state index contributed by atoms with van der Waals surface area (Å²) in [6.45, 7) is 0.613. The van der Waals surface area contributed by atoms with Gasteiger partial charge in [-0.25, -0.2) is 9.78 Å². The highest BCUT2D eigenvalue weighted by molar-refractivity contribution is 7.13. The molecular formula is C16H19N3O2S. The Labute approximate surface area is 133 Å². The number of rotatable bonds is 5. The molecule has 0 bridgehead atoms. The summed E-state index contributed by atoms with van der Waals surface area (Å²) in [7, 11) is 0. The van der Waals surface area contributed by atoms with Crippen LogP contribution in [0.25, 0.3) is 0 Å². The van der Waals surface area contributed by atoms with Gasteiger partial charge < -0.3 is 10.0 Å². The summed E-state index contributed by atoms with van der Waals surface area (Å²) in [5.74, 6) is 0. The summed E-state index contributed by atoms with van der Waals surface area (Å²) in [5.41, 5.74) is 2.53. The van der Waals surface area contributed by atoms with E-state index in [1.165, 1.54) is 22.5 Å². The Morgan fingerprint density at radius 1 is 1.45 bits per heavy atom. The van der Waals surface area contributed by atoms with Crippen molar-refractivity contribution in [2.24, 2.45) is 0 Å². The number of aryl methyl sites for hydroxylation is 1. The molecule has 1 aliphatic carbocycles. The molecule has 0 aliphatic heterocycles. The third-order valence-electron chi connectivity index (χ3n) is 3.94. The van der Waals surface area contributed by atoms with E-state index in [1.54, 1.807) is 6.20 Å². The van der Waals surface area contributed by atoms with Crippen molar-refractivity contribution < 1.29 is 9.90 Å². The molecule has 1 heterocycles. The number of hydrogen-bond acceptors (Lipinski definition) is 4. The van der Waals surface area contributed by atoms with Crippen LogP contribution in [-0.4, -0.2) is 34.2 Å². The maximum atomic E-state index is 12.6. The van der Waals surface area contributed by atoms with Crippen molar-refractivity contribution in [2.45, 2.75) is 25.3 Å². The van der Waals surface area contributed by atoms with Crippen LogP contribution in [0.1, 0.15) is 30.0 Å². The number of aromatic nitrogens is 1. The number of carbonyl (C=O) groups is 1. The first-order valence-corrected chi connectivity index (χ1v) is 8.33. The zero-order chi connectivity index (χ0) is 15.4. The van der Waals surface area contributed by atoms with Crippen molar-refractivity contribution in [3.05, 3.63) is 47.0 Å². The van der Waals surface area contributed by atoms with Crippen LogP contribution in [0.5, 0.6) is 0 Å². The largest absolute Gasteiger partial charge is 0.396 e. The maximum absolute atomic E-state index is 12.6. The molecule has 1 aliphatic rings. The monoisotopic (exact) mass is 317 g/mol. The number of carbonyl (C=O) groups excluding carboxylic acids is 1. The Kier molecular flexibility index (Phi) is 4.70. The highest BCUT2D eigenvalue weighted by Gasteiger charge is 2.30. The lowest BCUT2D eigenvalue weighted by Gasteiger charge is -2.29. The van der Waals surface area contributed by atoms with E-state index in [-0.39, 0.29) is 18.7 Å². The van der Waals surface area contributed by atoms with E-state index in [2.05, 4.69) is 22.4 Å². The molecule has 2 N–H and O–H groups in total. The van der Waals surface area contributed by atoms with Gasteiger partial charge in [0, 0.05) is 24.7 Å². The van der Waals surface area contributed by atoms with Crippen LogP contribution in [-0.2, 0) is 6.42 Å². The Morgan fingerprint density at radius 3 is 3.09 bits per heavy atom. The number of thiazole rings is 1. The quantitative estimate of drug-likeness (QED) is 0.891. The molecule has 6 heteroatoms. The third-order valence-corrected chi connectivity index (χ3v) is 4.63. The van der Waals surface area contributed by atoms with E-state index in [0.717, 1.165) is 12.8 Å². The zero-order valence-electron chi connectivity index (χ0n) is 12.2. The first kappa shape index (κ1) is 15.0. The lowest BCUT2D eigenvalue weighted by molar-refractivity contribution is 0.177. The van der Waals surface area contributed by atoms with Gasteiger partial charge in [-0.1, -0.05) is 24.3 Å². The topological polar surface area (TPSA) is 65.5 Å². The van der Waals surface area contributed by atoms with Gasteiger partial charge >= 0.3 is 6.03 Å². The molecule has 0 saturated heterocycles. The SMILES string of the molecule is O=C(Nc1nccs1)N(CCCO)C1CCc2ccccc21. The first-order valence-electron chi connectivity index (χ1n) is 7.45. The minimum Gasteiger partial charge on any atom is -0.396 e. The molecule has 1 aromatic heterocycles. The second-order valence-electron chi connectivity index (χ2n) is 5.29. The highest BCUT2D eigenvalue weighted by atomic mass is 32.1. The Balaban J connectivity index is 1.79. The lowest BCUT2D eigenvalue weighted by atomic mass is 10.1. The van der Waals surface area contributed by atoms with E-state index < -0.39 is 0 Å². The molecule has 2 amide bonds. The van der Waals surface area contributed by atoms with E-state index in [0.29, 0.717) is 18.1 Å². The van der Waals surface area contributed by atoms with Crippen LogP contribution >= 0.6 is 11.3 Å². The molecule has 0 fully saturated rings. The first-order chi connectivity index (χ1) is 10.8. The lowest BCUT2D eigenvalue weighted by Crippen LogP contribution is -2.38. The molecule has 22 heavy (non-hydrogen) atoms. The minimum absolute atomic E-state index is 0.0720. The van der Waals surface area contributed by atoms with Gasteiger partial charge in [-0.05, 0) is 30.4 Å². The number of urea groups is 1. The van der Waals surface area contributed by atoms with Gasteiger partial charge in [0.2, 0.25) is 0 Å². The number of nitrogens with zero attached hydrogens (tertiary/aromatic N) is 2. The summed E-state index contributed by atoms with van der Waals surface area (Å²) in [6, 6.07) is 8.19.